The first-order chi connectivity index (χ1) is 8.63. The quantitative estimate of drug-likeness (QED) is 0.783. The van der Waals surface area contributed by atoms with Crippen LogP contribution in [0.1, 0.15) is 19.4 Å². The van der Waals surface area contributed by atoms with E-state index in [1.165, 1.54) is 19.2 Å². The van der Waals surface area contributed by atoms with Crippen LogP contribution < -0.4 is 5.73 Å². The van der Waals surface area contributed by atoms with Gasteiger partial charge in [0.2, 0.25) is 10.0 Å². The fourth-order valence-corrected chi connectivity index (χ4v) is 3.01. The van der Waals surface area contributed by atoms with E-state index in [-0.39, 0.29) is 16.5 Å². The Hall–Kier alpha value is -1.02. The van der Waals surface area contributed by atoms with Gasteiger partial charge in [0.1, 0.15) is 4.99 Å². The third-order valence-electron chi connectivity index (χ3n) is 3.04. The lowest BCUT2D eigenvalue weighted by molar-refractivity contribution is 0.138. The molecule has 0 unspecified atom stereocenters. The second-order valence-electron chi connectivity index (χ2n) is 4.83. The first kappa shape index (κ1) is 16.0. The number of aliphatic hydroxyl groups excluding tert-OH is 1. The van der Waals surface area contributed by atoms with Crippen molar-refractivity contribution in [3.8, 4) is 0 Å². The van der Waals surface area contributed by atoms with Gasteiger partial charge in [0.05, 0.1) is 17.0 Å². The van der Waals surface area contributed by atoms with Crippen LogP contribution in [0, 0.1) is 0 Å². The number of thiocarbonyl (C=S) groups is 1. The second kappa shape index (κ2) is 5.54. The van der Waals surface area contributed by atoms with Crippen LogP contribution in [0.25, 0.3) is 0 Å². The Balaban J connectivity index is 3.17. The Kier molecular flexibility index (Phi) is 4.67. The minimum Gasteiger partial charge on any atom is -0.394 e. The van der Waals surface area contributed by atoms with Crippen LogP contribution in [0.5, 0.6) is 0 Å². The molecule has 1 aromatic rings. The van der Waals surface area contributed by atoms with E-state index in [1.807, 2.05) is 0 Å². The van der Waals surface area contributed by atoms with Crippen molar-refractivity contribution in [1.82, 2.24) is 4.31 Å². The van der Waals surface area contributed by atoms with Gasteiger partial charge in [-0.3, -0.25) is 0 Å². The van der Waals surface area contributed by atoms with E-state index >= 15 is 0 Å². The van der Waals surface area contributed by atoms with Crippen molar-refractivity contribution in [3.63, 3.8) is 0 Å². The van der Waals surface area contributed by atoms with Gasteiger partial charge in [-0.25, -0.2) is 8.42 Å². The van der Waals surface area contributed by atoms with Gasteiger partial charge in [-0.2, -0.15) is 4.31 Å². The molecule has 0 aliphatic carbocycles. The monoisotopic (exact) mass is 302 g/mol. The number of likely N-dealkylation sites (N-methyl/N-ethyl adjacent to an activating group) is 1. The van der Waals surface area contributed by atoms with Crippen molar-refractivity contribution in [2.45, 2.75) is 24.3 Å². The number of benzene rings is 1. The molecule has 1 aromatic carbocycles. The maximum Gasteiger partial charge on any atom is 0.243 e. The Labute approximate surface area is 119 Å². The predicted molar refractivity (Wildman–Crippen MR) is 78.4 cm³/mol. The average molecular weight is 302 g/mol. The standard InChI is InChI=1S/C12H18N2O3S2/c1-12(2,8-15)14(3)19(16,17)10-6-4-9(5-7-10)11(13)18/h4-7,15H,8H2,1-3H3,(H2,13,18). The van der Waals surface area contributed by atoms with E-state index < -0.39 is 15.6 Å². The molecule has 5 nitrogen and oxygen atoms in total. The smallest absolute Gasteiger partial charge is 0.243 e. The summed E-state index contributed by atoms with van der Waals surface area (Å²) < 4.78 is 25.9. The van der Waals surface area contributed by atoms with Crippen molar-refractivity contribution < 1.29 is 13.5 Å². The molecule has 0 aliphatic heterocycles. The second-order valence-corrected chi connectivity index (χ2v) is 7.24. The van der Waals surface area contributed by atoms with Crippen molar-refractivity contribution in [2.24, 2.45) is 5.73 Å². The highest BCUT2D eigenvalue weighted by Gasteiger charge is 2.33. The van der Waals surface area contributed by atoms with E-state index in [2.05, 4.69) is 0 Å². The Bertz CT molecular complexity index is 565. The molecule has 1 rings (SSSR count). The van der Waals surface area contributed by atoms with Crippen LogP contribution in [0.2, 0.25) is 0 Å². The molecule has 0 spiro atoms. The highest BCUT2D eigenvalue weighted by Crippen LogP contribution is 2.22. The maximum absolute atomic E-state index is 12.4. The number of aliphatic hydroxyl groups is 1. The molecule has 0 aliphatic rings. The number of sulfonamides is 1. The number of nitrogens with zero attached hydrogens (tertiary/aromatic N) is 1. The molecular formula is C12H18N2O3S2. The lowest BCUT2D eigenvalue weighted by Gasteiger charge is -2.32. The first-order valence-electron chi connectivity index (χ1n) is 5.62. The highest BCUT2D eigenvalue weighted by molar-refractivity contribution is 7.89. The minimum atomic E-state index is -3.66. The van der Waals surface area contributed by atoms with E-state index in [1.54, 1.807) is 26.0 Å². The molecule has 0 saturated heterocycles. The highest BCUT2D eigenvalue weighted by atomic mass is 32.2. The van der Waals surface area contributed by atoms with Gasteiger partial charge >= 0.3 is 0 Å². The van der Waals surface area contributed by atoms with Crippen LogP contribution in [0.3, 0.4) is 0 Å². The van der Waals surface area contributed by atoms with E-state index in [4.69, 9.17) is 18.0 Å². The summed E-state index contributed by atoms with van der Waals surface area (Å²) in [7, 11) is -2.22. The summed E-state index contributed by atoms with van der Waals surface area (Å²) in [4.78, 5) is 0.351. The lowest BCUT2D eigenvalue weighted by Crippen LogP contribution is -2.47. The number of hydrogen-bond donors (Lipinski definition) is 2. The average Bonchev–Trinajstić information content (AvgIpc) is 2.37. The molecule has 0 amide bonds. The zero-order valence-corrected chi connectivity index (χ0v) is 12.8. The maximum atomic E-state index is 12.4. The molecule has 0 heterocycles. The van der Waals surface area contributed by atoms with Crippen molar-refractivity contribution >= 4 is 27.2 Å². The summed E-state index contributed by atoms with van der Waals surface area (Å²) in [5.41, 5.74) is 5.20. The molecule has 0 bridgehead atoms. The van der Waals surface area contributed by atoms with Crippen LogP contribution >= 0.6 is 12.2 Å². The first-order valence-corrected chi connectivity index (χ1v) is 7.47. The predicted octanol–water partition coefficient (Wildman–Crippen LogP) is 0.712. The SMILES string of the molecule is CN(C(C)(C)CO)S(=O)(=O)c1ccc(C(N)=S)cc1. The molecular weight excluding hydrogens is 284 g/mol. The normalized spacial score (nSPS) is 12.7. The third kappa shape index (κ3) is 3.30. The molecule has 106 valence electrons. The van der Waals surface area contributed by atoms with E-state index in [0.29, 0.717) is 5.56 Å². The van der Waals surface area contributed by atoms with Crippen LogP contribution in [-0.2, 0) is 10.0 Å². The molecule has 3 N–H and O–H groups in total. The van der Waals surface area contributed by atoms with Gasteiger partial charge in [-0.05, 0) is 26.0 Å². The summed E-state index contributed by atoms with van der Waals surface area (Å²) in [5.74, 6) is 0. The Morgan fingerprint density at radius 1 is 1.37 bits per heavy atom. The fraction of sp³-hybridized carbons (Fsp3) is 0.417. The van der Waals surface area contributed by atoms with Gasteiger partial charge in [0.25, 0.3) is 0 Å². The molecule has 0 atom stereocenters. The summed E-state index contributed by atoms with van der Waals surface area (Å²) in [5, 5.41) is 9.25. The zero-order chi connectivity index (χ0) is 14.8. The summed E-state index contributed by atoms with van der Waals surface area (Å²) in [6.45, 7) is 3.02. The molecule has 0 saturated carbocycles. The molecule has 0 fully saturated rings. The number of rotatable bonds is 5. The molecule has 0 aromatic heterocycles. The summed E-state index contributed by atoms with van der Waals surface area (Å²) in [6.07, 6.45) is 0. The molecule has 7 heteroatoms. The molecule has 0 radical (unpaired) electrons. The number of hydrogen-bond acceptors (Lipinski definition) is 4. The summed E-state index contributed by atoms with van der Waals surface area (Å²) in [6, 6.07) is 6.03. The Morgan fingerprint density at radius 2 is 1.84 bits per heavy atom. The van der Waals surface area contributed by atoms with Crippen molar-refractivity contribution in [1.29, 1.82) is 0 Å². The molecule has 19 heavy (non-hydrogen) atoms. The largest absolute Gasteiger partial charge is 0.394 e. The van der Waals surface area contributed by atoms with Gasteiger partial charge in [0, 0.05) is 12.6 Å². The van der Waals surface area contributed by atoms with Crippen LogP contribution in [-0.4, -0.2) is 42.0 Å². The van der Waals surface area contributed by atoms with Crippen LogP contribution in [0.4, 0.5) is 0 Å². The van der Waals surface area contributed by atoms with Crippen molar-refractivity contribution in [2.75, 3.05) is 13.7 Å². The lowest BCUT2D eigenvalue weighted by atomic mass is 10.1. The van der Waals surface area contributed by atoms with E-state index in [9.17, 15) is 13.5 Å². The topological polar surface area (TPSA) is 83.6 Å². The summed E-state index contributed by atoms with van der Waals surface area (Å²) >= 11 is 4.81. The zero-order valence-electron chi connectivity index (χ0n) is 11.1. The van der Waals surface area contributed by atoms with Gasteiger partial charge in [-0.1, -0.05) is 24.4 Å². The minimum absolute atomic E-state index is 0.136. The number of nitrogens with two attached hydrogens (primary N) is 1. The van der Waals surface area contributed by atoms with Gasteiger partial charge < -0.3 is 10.8 Å². The van der Waals surface area contributed by atoms with Gasteiger partial charge in [0.15, 0.2) is 0 Å². The Morgan fingerprint density at radius 3 is 2.21 bits per heavy atom. The third-order valence-corrected chi connectivity index (χ3v) is 5.36. The fourth-order valence-electron chi connectivity index (χ4n) is 1.37. The van der Waals surface area contributed by atoms with Crippen molar-refractivity contribution in [3.05, 3.63) is 29.8 Å². The van der Waals surface area contributed by atoms with Crippen LogP contribution in [0.15, 0.2) is 29.2 Å². The van der Waals surface area contributed by atoms with E-state index in [0.717, 1.165) is 4.31 Å². The van der Waals surface area contributed by atoms with Gasteiger partial charge in [-0.15, -0.1) is 0 Å².